The van der Waals surface area contributed by atoms with E-state index in [0.717, 1.165) is 23.5 Å². The number of aryl methyl sites for hydroxylation is 1. The Bertz CT molecular complexity index is 1150. The summed E-state index contributed by atoms with van der Waals surface area (Å²) in [4.78, 5) is 16.5. The largest absolute Gasteiger partial charge is 0.347 e. The fourth-order valence-electron chi connectivity index (χ4n) is 2.39. The number of anilines is 1. The fourth-order valence-corrected chi connectivity index (χ4v) is 4.63. The van der Waals surface area contributed by atoms with Crippen LogP contribution >= 0.6 is 22.9 Å². The summed E-state index contributed by atoms with van der Waals surface area (Å²) in [5, 5.41) is 2.79. The number of rotatable bonds is 6. The van der Waals surface area contributed by atoms with E-state index in [1.54, 1.807) is 0 Å². The number of benzene rings is 2. The summed E-state index contributed by atoms with van der Waals surface area (Å²) in [6, 6.07) is 8.94. The Morgan fingerprint density at radius 3 is 2.38 bits per heavy atom. The van der Waals surface area contributed by atoms with Gasteiger partial charge in [-0.25, -0.2) is 22.2 Å². The molecule has 0 aliphatic heterocycles. The van der Waals surface area contributed by atoms with Gasteiger partial charge in [0.1, 0.15) is 16.5 Å². The molecule has 152 valence electrons. The number of carbonyl (C=O) groups excluding carboxylic acids is 1. The van der Waals surface area contributed by atoms with Crippen LogP contribution < -0.4 is 10.0 Å². The van der Waals surface area contributed by atoms with E-state index >= 15 is 0 Å². The van der Waals surface area contributed by atoms with Crippen molar-refractivity contribution in [1.29, 1.82) is 0 Å². The number of carbonyl (C=O) groups is 1. The molecule has 0 aliphatic carbocycles. The van der Waals surface area contributed by atoms with E-state index in [1.807, 2.05) is 0 Å². The second-order valence-electron chi connectivity index (χ2n) is 5.88. The van der Waals surface area contributed by atoms with Crippen LogP contribution in [0.25, 0.3) is 0 Å². The normalized spacial score (nSPS) is 11.3. The molecule has 0 saturated carbocycles. The van der Waals surface area contributed by atoms with Gasteiger partial charge in [0.2, 0.25) is 0 Å². The van der Waals surface area contributed by atoms with Crippen molar-refractivity contribution in [2.24, 2.45) is 0 Å². The third-order valence-electron chi connectivity index (χ3n) is 3.84. The van der Waals surface area contributed by atoms with Crippen molar-refractivity contribution in [1.82, 2.24) is 10.3 Å². The standard InChI is InChI=1S/C18H14ClF2N3O3S2/c1-10-16(17(25)22-9-13-14(20)3-2-4-15(13)21)28-18(23-10)24-29(26,27)12-7-5-11(19)6-8-12/h2-8H,9H2,1H3,(H,22,25)(H,23,24). The third kappa shape index (κ3) is 4.89. The average Bonchev–Trinajstić information content (AvgIpc) is 3.01. The van der Waals surface area contributed by atoms with Crippen LogP contribution in [0.2, 0.25) is 5.02 Å². The summed E-state index contributed by atoms with van der Waals surface area (Å²) in [5.74, 6) is -2.18. The van der Waals surface area contributed by atoms with Crippen LogP contribution in [0.5, 0.6) is 0 Å². The number of nitrogens with one attached hydrogen (secondary N) is 2. The summed E-state index contributed by atoms with van der Waals surface area (Å²) in [5.41, 5.74) is 0.00185. The minimum absolute atomic E-state index is 0.0142. The second kappa shape index (κ2) is 8.44. The Morgan fingerprint density at radius 1 is 1.14 bits per heavy atom. The van der Waals surface area contributed by atoms with Crippen LogP contribution in [0.4, 0.5) is 13.9 Å². The number of amides is 1. The van der Waals surface area contributed by atoms with Gasteiger partial charge in [0.15, 0.2) is 5.13 Å². The maximum Gasteiger partial charge on any atom is 0.263 e. The van der Waals surface area contributed by atoms with Gasteiger partial charge in [-0.05, 0) is 43.3 Å². The summed E-state index contributed by atoms with van der Waals surface area (Å²) < 4.78 is 54.5. The van der Waals surface area contributed by atoms with Gasteiger partial charge in [-0.15, -0.1) is 0 Å². The van der Waals surface area contributed by atoms with Crippen molar-refractivity contribution in [3.05, 3.63) is 75.3 Å². The van der Waals surface area contributed by atoms with Gasteiger partial charge in [-0.2, -0.15) is 0 Å². The van der Waals surface area contributed by atoms with E-state index in [0.29, 0.717) is 5.02 Å². The van der Waals surface area contributed by atoms with E-state index in [2.05, 4.69) is 15.0 Å². The Labute approximate surface area is 174 Å². The lowest BCUT2D eigenvalue weighted by molar-refractivity contribution is 0.0953. The van der Waals surface area contributed by atoms with Crippen molar-refractivity contribution >= 4 is 44.0 Å². The zero-order chi connectivity index (χ0) is 21.2. The fraction of sp³-hybridized carbons (Fsp3) is 0.111. The molecule has 0 spiro atoms. The Hall–Kier alpha value is -2.56. The van der Waals surface area contributed by atoms with E-state index in [9.17, 15) is 22.0 Å². The lowest BCUT2D eigenvalue weighted by Gasteiger charge is -2.06. The molecule has 0 bridgehead atoms. The number of thiazole rings is 1. The Morgan fingerprint density at radius 2 is 1.76 bits per heavy atom. The smallest absolute Gasteiger partial charge is 0.263 e. The summed E-state index contributed by atoms with van der Waals surface area (Å²) in [6.07, 6.45) is 0. The average molecular weight is 458 g/mol. The predicted molar refractivity (Wildman–Crippen MR) is 107 cm³/mol. The lowest BCUT2D eigenvalue weighted by atomic mass is 10.2. The number of hydrogen-bond donors (Lipinski definition) is 2. The monoisotopic (exact) mass is 457 g/mol. The molecule has 3 aromatic rings. The SMILES string of the molecule is Cc1nc(NS(=O)(=O)c2ccc(Cl)cc2)sc1C(=O)NCc1c(F)cccc1F. The van der Waals surface area contributed by atoms with Crippen molar-refractivity contribution in [3.8, 4) is 0 Å². The zero-order valence-corrected chi connectivity index (χ0v) is 17.3. The minimum atomic E-state index is -3.92. The van der Waals surface area contributed by atoms with E-state index < -0.39 is 27.6 Å². The van der Waals surface area contributed by atoms with E-state index in [1.165, 1.54) is 37.3 Å². The summed E-state index contributed by atoms with van der Waals surface area (Å²) in [7, 11) is -3.92. The topological polar surface area (TPSA) is 88.2 Å². The Balaban J connectivity index is 1.74. The van der Waals surface area contributed by atoms with Crippen LogP contribution in [0.3, 0.4) is 0 Å². The summed E-state index contributed by atoms with van der Waals surface area (Å²) >= 11 is 6.57. The number of nitrogens with zero attached hydrogens (tertiary/aromatic N) is 1. The third-order valence-corrected chi connectivity index (χ3v) is 6.64. The highest BCUT2D eigenvalue weighted by Gasteiger charge is 2.21. The van der Waals surface area contributed by atoms with Crippen LogP contribution in [0.15, 0.2) is 47.4 Å². The van der Waals surface area contributed by atoms with Crippen molar-refractivity contribution < 1.29 is 22.0 Å². The molecule has 6 nitrogen and oxygen atoms in total. The maximum absolute atomic E-state index is 13.7. The molecule has 0 saturated heterocycles. The van der Waals surface area contributed by atoms with Gasteiger partial charge in [-0.1, -0.05) is 29.0 Å². The number of aromatic nitrogens is 1. The van der Waals surface area contributed by atoms with E-state index in [-0.39, 0.29) is 32.7 Å². The first-order valence-corrected chi connectivity index (χ1v) is 10.8. The van der Waals surface area contributed by atoms with Gasteiger partial charge < -0.3 is 5.32 Å². The molecule has 0 radical (unpaired) electrons. The zero-order valence-electron chi connectivity index (χ0n) is 14.9. The highest BCUT2D eigenvalue weighted by atomic mass is 35.5. The first-order chi connectivity index (χ1) is 13.7. The van der Waals surface area contributed by atoms with Gasteiger partial charge in [0, 0.05) is 17.1 Å². The molecule has 0 aliphatic rings. The van der Waals surface area contributed by atoms with Crippen molar-refractivity contribution in [2.75, 3.05) is 4.72 Å². The van der Waals surface area contributed by atoms with Crippen LogP contribution in [0.1, 0.15) is 20.9 Å². The quantitative estimate of drug-likeness (QED) is 0.583. The first-order valence-electron chi connectivity index (χ1n) is 8.14. The first kappa shape index (κ1) is 21.2. The predicted octanol–water partition coefficient (Wildman–Crippen LogP) is 4.11. The molecule has 2 aromatic carbocycles. The number of sulfonamides is 1. The molecular weight excluding hydrogens is 444 g/mol. The minimum Gasteiger partial charge on any atom is -0.347 e. The molecule has 0 fully saturated rings. The molecule has 1 aromatic heterocycles. The Kier molecular flexibility index (Phi) is 6.15. The lowest BCUT2D eigenvalue weighted by Crippen LogP contribution is -2.23. The molecule has 3 rings (SSSR count). The van der Waals surface area contributed by atoms with Crippen molar-refractivity contribution in [2.45, 2.75) is 18.4 Å². The van der Waals surface area contributed by atoms with Gasteiger partial charge in [-0.3, -0.25) is 9.52 Å². The van der Waals surface area contributed by atoms with Gasteiger partial charge in [0.05, 0.1) is 10.6 Å². The van der Waals surface area contributed by atoms with Crippen LogP contribution in [-0.2, 0) is 16.6 Å². The highest BCUT2D eigenvalue weighted by Crippen LogP contribution is 2.26. The van der Waals surface area contributed by atoms with Gasteiger partial charge in [0.25, 0.3) is 15.9 Å². The second-order valence-corrected chi connectivity index (χ2v) is 8.99. The molecule has 11 heteroatoms. The molecule has 2 N–H and O–H groups in total. The number of hydrogen-bond acceptors (Lipinski definition) is 5. The summed E-state index contributed by atoms with van der Waals surface area (Å²) in [6.45, 7) is 1.16. The maximum atomic E-state index is 13.7. The highest BCUT2D eigenvalue weighted by molar-refractivity contribution is 7.93. The van der Waals surface area contributed by atoms with Crippen LogP contribution in [0, 0.1) is 18.6 Å². The molecule has 1 amide bonds. The van der Waals surface area contributed by atoms with E-state index in [4.69, 9.17) is 11.6 Å². The molecular formula is C18H14ClF2N3O3S2. The number of halogens is 3. The van der Waals surface area contributed by atoms with Crippen LogP contribution in [-0.4, -0.2) is 19.3 Å². The van der Waals surface area contributed by atoms with Crippen molar-refractivity contribution in [3.63, 3.8) is 0 Å². The molecule has 29 heavy (non-hydrogen) atoms. The molecule has 0 unspecified atom stereocenters. The molecule has 1 heterocycles. The molecule has 0 atom stereocenters. The van der Waals surface area contributed by atoms with Gasteiger partial charge >= 0.3 is 0 Å².